The molecule has 4 aromatic rings. The van der Waals surface area contributed by atoms with Crippen LogP contribution in [0.1, 0.15) is 40.0 Å². The first-order valence-electron chi connectivity index (χ1n) is 9.45. The molecule has 0 atom stereocenters. The van der Waals surface area contributed by atoms with E-state index in [0.717, 1.165) is 39.6 Å². The van der Waals surface area contributed by atoms with E-state index in [4.69, 9.17) is 10.1 Å². The van der Waals surface area contributed by atoms with Crippen LogP contribution in [-0.4, -0.2) is 20.5 Å². The van der Waals surface area contributed by atoms with E-state index in [9.17, 15) is 4.79 Å². The fourth-order valence-corrected chi connectivity index (χ4v) is 4.61. The highest BCUT2D eigenvalue weighted by Gasteiger charge is 2.28. The lowest BCUT2D eigenvalue weighted by atomic mass is 9.96. The number of fused-ring (bicyclic) bond motifs is 2. The third kappa shape index (κ3) is 2.81. The first-order valence-corrected chi connectivity index (χ1v) is 10.3. The fraction of sp³-hybridized carbons (Fsp3) is 0.227. The van der Waals surface area contributed by atoms with E-state index in [1.54, 1.807) is 11.3 Å². The Morgan fingerprint density at radius 1 is 1.07 bits per heavy atom. The van der Waals surface area contributed by atoms with Crippen LogP contribution in [0.4, 0.5) is 11.5 Å². The van der Waals surface area contributed by atoms with Crippen LogP contribution in [-0.2, 0) is 6.42 Å². The van der Waals surface area contributed by atoms with Gasteiger partial charge in [-0.1, -0.05) is 29.5 Å². The van der Waals surface area contributed by atoms with Crippen LogP contribution in [0.2, 0.25) is 0 Å². The molecule has 0 fully saturated rings. The summed E-state index contributed by atoms with van der Waals surface area (Å²) in [5.74, 6) is 0.780. The molecule has 0 amide bonds. The Bertz CT molecular complexity index is 1190. The number of aryl methyl sites for hydroxylation is 2. The third-order valence-electron chi connectivity index (χ3n) is 5.31. The molecule has 1 aliphatic carbocycles. The molecule has 5 nitrogen and oxygen atoms in total. The zero-order chi connectivity index (χ0) is 19.3. The van der Waals surface area contributed by atoms with Gasteiger partial charge in [0.15, 0.2) is 11.6 Å². The molecule has 2 heterocycles. The molecule has 0 bridgehead atoms. The van der Waals surface area contributed by atoms with Crippen LogP contribution in [0.25, 0.3) is 15.3 Å². The van der Waals surface area contributed by atoms with Gasteiger partial charge in [0.2, 0.25) is 5.13 Å². The van der Waals surface area contributed by atoms with Gasteiger partial charge < -0.3 is 5.32 Å². The Labute approximate surface area is 167 Å². The van der Waals surface area contributed by atoms with Gasteiger partial charge in [0.05, 0.1) is 21.5 Å². The van der Waals surface area contributed by atoms with Gasteiger partial charge in [-0.25, -0.2) is 9.67 Å². The minimum atomic E-state index is 0.153. The van der Waals surface area contributed by atoms with Crippen molar-refractivity contribution >= 4 is 38.8 Å². The molecule has 1 N–H and O–H groups in total. The van der Waals surface area contributed by atoms with Crippen LogP contribution >= 0.6 is 11.3 Å². The fourth-order valence-electron chi connectivity index (χ4n) is 3.67. The molecule has 28 heavy (non-hydrogen) atoms. The largest absolute Gasteiger partial charge is 0.338 e. The van der Waals surface area contributed by atoms with E-state index in [0.29, 0.717) is 17.8 Å². The van der Waals surface area contributed by atoms with Crippen LogP contribution < -0.4 is 5.32 Å². The molecule has 5 rings (SSSR count). The first kappa shape index (κ1) is 17.1. The number of rotatable bonds is 3. The number of aromatic nitrogens is 3. The second-order valence-corrected chi connectivity index (χ2v) is 8.26. The van der Waals surface area contributed by atoms with Crippen molar-refractivity contribution in [1.29, 1.82) is 0 Å². The highest BCUT2D eigenvalue weighted by atomic mass is 32.1. The van der Waals surface area contributed by atoms with Crippen LogP contribution in [0.15, 0.2) is 42.5 Å². The predicted octanol–water partition coefficient (Wildman–Crippen LogP) is 5.36. The lowest BCUT2D eigenvalue weighted by Crippen LogP contribution is -2.13. The summed E-state index contributed by atoms with van der Waals surface area (Å²) in [7, 11) is 0. The number of nitrogens with one attached hydrogen (secondary N) is 1. The topological polar surface area (TPSA) is 59.8 Å². The van der Waals surface area contributed by atoms with Crippen molar-refractivity contribution in [3.8, 4) is 5.13 Å². The van der Waals surface area contributed by atoms with Gasteiger partial charge in [-0.3, -0.25) is 4.79 Å². The van der Waals surface area contributed by atoms with Gasteiger partial charge in [-0.15, -0.1) is 5.10 Å². The number of hydrogen-bond acceptors (Lipinski definition) is 5. The van der Waals surface area contributed by atoms with Crippen molar-refractivity contribution in [2.75, 3.05) is 5.32 Å². The van der Waals surface area contributed by atoms with Gasteiger partial charge in [0.25, 0.3) is 0 Å². The smallest absolute Gasteiger partial charge is 0.211 e. The second kappa shape index (κ2) is 6.56. The molecular formula is C22H20N4OS. The molecule has 0 unspecified atom stereocenters. The van der Waals surface area contributed by atoms with Crippen LogP contribution in [0, 0.1) is 13.8 Å². The van der Waals surface area contributed by atoms with E-state index >= 15 is 0 Å². The summed E-state index contributed by atoms with van der Waals surface area (Å²) in [5, 5.41) is 8.97. The zero-order valence-corrected chi connectivity index (χ0v) is 16.6. The van der Waals surface area contributed by atoms with Crippen molar-refractivity contribution in [2.24, 2.45) is 0 Å². The van der Waals surface area contributed by atoms with E-state index < -0.39 is 0 Å². The van der Waals surface area contributed by atoms with Gasteiger partial charge >= 0.3 is 0 Å². The van der Waals surface area contributed by atoms with Crippen molar-refractivity contribution in [1.82, 2.24) is 14.8 Å². The molecule has 2 aromatic heterocycles. The van der Waals surface area contributed by atoms with Gasteiger partial charge in [0, 0.05) is 12.1 Å². The van der Waals surface area contributed by atoms with Crippen LogP contribution in [0.3, 0.4) is 0 Å². The Morgan fingerprint density at radius 2 is 1.93 bits per heavy atom. The lowest BCUT2D eigenvalue weighted by Gasteiger charge is -2.13. The molecule has 0 aliphatic heterocycles. The maximum atomic E-state index is 12.7. The molecular weight excluding hydrogens is 368 g/mol. The number of nitrogens with zero attached hydrogens (tertiary/aromatic N) is 3. The summed E-state index contributed by atoms with van der Waals surface area (Å²) in [5.41, 5.74) is 6.01. The summed E-state index contributed by atoms with van der Waals surface area (Å²) >= 11 is 1.60. The molecule has 6 heteroatoms. The Morgan fingerprint density at radius 3 is 2.75 bits per heavy atom. The Balaban J connectivity index is 1.63. The lowest BCUT2D eigenvalue weighted by molar-refractivity contribution is 0.0973. The molecule has 1 aliphatic rings. The summed E-state index contributed by atoms with van der Waals surface area (Å²) in [6, 6.07) is 14.3. The van der Waals surface area contributed by atoms with Gasteiger partial charge in [-0.2, -0.15) is 0 Å². The molecule has 0 spiro atoms. The standard InChI is InChI=1S/C22H20N4OS/c1-13-10-11-15(12-14(13)2)23-21-20-17(7-5-8-18(20)27)26(25-21)22-24-16-6-3-4-9-19(16)28-22/h3-4,6,9-12H,5,7-8H2,1-2H3,(H,23,25). The van der Waals surface area contributed by atoms with Crippen molar-refractivity contribution < 1.29 is 4.79 Å². The highest BCUT2D eigenvalue weighted by molar-refractivity contribution is 7.20. The normalized spacial score (nSPS) is 13.7. The summed E-state index contributed by atoms with van der Waals surface area (Å²) in [4.78, 5) is 17.5. The van der Waals surface area contributed by atoms with E-state index in [2.05, 4.69) is 37.4 Å². The SMILES string of the molecule is Cc1ccc(Nc2nn(-c3nc4ccccc4s3)c3c2C(=O)CCC3)cc1C. The minimum Gasteiger partial charge on any atom is -0.338 e. The van der Waals surface area contributed by atoms with Crippen LogP contribution in [0.5, 0.6) is 0 Å². The number of anilines is 2. The van der Waals surface area contributed by atoms with E-state index in [-0.39, 0.29) is 5.78 Å². The minimum absolute atomic E-state index is 0.153. The Hall–Kier alpha value is -2.99. The highest BCUT2D eigenvalue weighted by Crippen LogP contribution is 2.34. The maximum absolute atomic E-state index is 12.7. The number of thiazole rings is 1. The molecule has 0 radical (unpaired) electrons. The number of carbonyl (C=O) groups excluding carboxylic acids is 1. The van der Waals surface area contributed by atoms with Gasteiger partial charge in [0.1, 0.15) is 0 Å². The number of ketones is 1. The van der Waals surface area contributed by atoms with E-state index in [1.165, 1.54) is 11.1 Å². The maximum Gasteiger partial charge on any atom is 0.211 e. The number of Topliss-reactive ketones (excluding diaryl/α,β-unsaturated/α-hetero) is 1. The second-order valence-electron chi connectivity index (χ2n) is 7.25. The summed E-state index contributed by atoms with van der Waals surface area (Å²) in [6.07, 6.45) is 2.25. The van der Waals surface area contributed by atoms with Crippen molar-refractivity contribution in [2.45, 2.75) is 33.1 Å². The quantitative estimate of drug-likeness (QED) is 0.513. The summed E-state index contributed by atoms with van der Waals surface area (Å²) in [6.45, 7) is 4.17. The summed E-state index contributed by atoms with van der Waals surface area (Å²) < 4.78 is 2.98. The average Bonchev–Trinajstić information content (AvgIpc) is 3.27. The first-order chi connectivity index (χ1) is 13.6. The van der Waals surface area contributed by atoms with Crippen molar-refractivity contribution in [3.63, 3.8) is 0 Å². The Kier molecular flexibility index (Phi) is 4.02. The van der Waals surface area contributed by atoms with E-state index in [1.807, 2.05) is 28.9 Å². The van der Waals surface area contributed by atoms with Crippen molar-refractivity contribution in [3.05, 3.63) is 64.8 Å². The number of para-hydroxylation sites is 1. The third-order valence-corrected chi connectivity index (χ3v) is 6.32. The molecule has 140 valence electrons. The number of benzene rings is 2. The number of hydrogen-bond donors (Lipinski definition) is 1. The monoisotopic (exact) mass is 388 g/mol. The van der Waals surface area contributed by atoms with Gasteiger partial charge in [-0.05, 0) is 62.1 Å². The number of carbonyl (C=O) groups is 1. The molecule has 0 saturated carbocycles. The molecule has 2 aromatic carbocycles. The zero-order valence-electron chi connectivity index (χ0n) is 15.8. The molecule has 0 saturated heterocycles. The predicted molar refractivity (Wildman–Crippen MR) is 113 cm³/mol. The average molecular weight is 388 g/mol.